The third kappa shape index (κ3) is 32.8. The summed E-state index contributed by atoms with van der Waals surface area (Å²) in [7, 11) is 0. The van der Waals surface area contributed by atoms with Gasteiger partial charge in [0, 0.05) is 0 Å². The Labute approximate surface area is 419 Å². The molecule has 0 rings (SSSR count). The molecule has 0 fully saturated rings. The van der Waals surface area contributed by atoms with Crippen molar-refractivity contribution in [1.29, 1.82) is 0 Å². The standard InChI is InChI=1S/C11H14F10O9.C11H14F10O7.C7H6F10O5/c12-7(13,3-26-5(24)1-22)28-9(16,17)10(18,19)30-11(20,21)29-8(14,15)4-27-6(25)2-23;12-7(13,5-24-3-1-22)26-9(16,17)10(18,19)28-11(20,21)27-8(14,15)6-25-4-2-23;8-3(9,1-18)20-5(12,13)6(14,15)22-7(16,17)21-4(10,11)2-19/h5-6,22-25H,1-4H2;22-23H,1-6H2;18-19H,1-2H2. The topological polar surface area (TPSA) is 282 Å². The van der Waals surface area contributed by atoms with Crippen LogP contribution in [0.15, 0.2) is 0 Å². The van der Waals surface area contributed by atoms with Crippen LogP contribution >= 0.6 is 0 Å². The first-order chi connectivity index (χ1) is 35.3. The highest BCUT2D eigenvalue weighted by Gasteiger charge is 2.71. The van der Waals surface area contributed by atoms with E-state index in [1.54, 1.807) is 0 Å². The van der Waals surface area contributed by atoms with Crippen LogP contribution < -0.4 is 0 Å². The van der Waals surface area contributed by atoms with Crippen molar-refractivity contribution in [3.63, 3.8) is 0 Å². The molecule has 2 unspecified atom stereocenters. The van der Waals surface area contributed by atoms with Crippen molar-refractivity contribution >= 4 is 0 Å². The van der Waals surface area contributed by atoms with E-state index in [9.17, 15) is 132 Å². The zero-order valence-electron chi connectivity index (χ0n) is 37.4. The normalized spacial score (nSPS) is 15.5. The minimum absolute atomic E-state index is 0.805. The minimum atomic E-state index is -6.71. The number of ether oxygens (including phenoxy) is 13. The average molecular weight is 1290 g/mol. The van der Waals surface area contributed by atoms with Gasteiger partial charge in [-0.1, -0.05) is 0 Å². The summed E-state index contributed by atoms with van der Waals surface area (Å²) in [5.41, 5.74) is 0. The molecular formula is C29H34F30O21. The molecule has 0 aliphatic heterocycles. The van der Waals surface area contributed by atoms with E-state index in [1.165, 1.54) is 0 Å². The maximum absolute atomic E-state index is 13.2. The summed E-state index contributed by atoms with van der Waals surface area (Å²) in [5.74, 6) is 0. The van der Waals surface area contributed by atoms with Crippen molar-refractivity contribution in [2.45, 2.75) is 105 Å². The molecule has 8 N–H and O–H groups in total. The van der Waals surface area contributed by atoms with E-state index in [1.807, 2.05) is 4.74 Å². The zero-order valence-corrected chi connectivity index (χ0v) is 37.4. The van der Waals surface area contributed by atoms with Crippen LogP contribution in [0.5, 0.6) is 0 Å². The third-order valence-electron chi connectivity index (χ3n) is 5.97. The minimum Gasteiger partial charge on any atom is -0.394 e. The summed E-state index contributed by atoms with van der Waals surface area (Å²) in [4.78, 5) is 0. The van der Waals surface area contributed by atoms with Gasteiger partial charge in [0.05, 0.1) is 39.6 Å². The summed E-state index contributed by atoms with van der Waals surface area (Å²) in [6, 6.07) is 0. The van der Waals surface area contributed by atoms with Gasteiger partial charge in [0.1, 0.15) is 39.6 Å². The lowest BCUT2D eigenvalue weighted by Crippen LogP contribution is -2.54. The highest BCUT2D eigenvalue weighted by atomic mass is 19.4. The van der Waals surface area contributed by atoms with Gasteiger partial charge in [-0.05, 0) is 0 Å². The molecule has 0 amide bonds. The molecule has 0 radical (unpaired) electrons. The molecule has 0 aliphatic rings. The Bertz CT molecular complexity index is 1740. The Morgan fingerprint density at radius 2 is 0.463 bits per heavy atom. The van der Waals surface area contributed by atoms with Crippen LogP contribution in [0, 0.1) is 0 Å². The summed E-state index contributed by atoms with van der Waals surface area (Å²) >= 11 is 0. The van der Waals surface area contributed by atoms with Crippen molar-refractivity contribution in [1.82, 2.24) is 0 Å². The van der Waals surface area contributed by atoms with Gasteiger partial charge in [-0.15, -0.1) is 26.3 Å². The third-order valence-corrected chi connectivity index (χ3v) is 5.97. The second kappa shape index (κ2) is 30.7. The van der Waals surface area contributed by atoms with Gasteiger partial charge in [-0.2, -0.15) is 105 Å². The van der Waals surface area contributed by atoms with E-state index in [-0.39, 0.29) is 0 Å². The Morgan fingerprint density at radius 3 is 0.713 bits per heavy atom. The number of alkyl halides is 30. The molecule has 0 aliphatic carbocycles. The van der Waals surface area contributed by atoms with E-state index in [0.29, 0.717) is 0 Å². The van der Waals surface area contributed by atoms with Crippen LogP contribution in [0.1, 0.15) is 0 Å². The van der Waals surface area contributed by atoms with Crippen LogP contribution in [-0.2, 0) is 61.6 Å². The lowest BCUT2D eigenvalue weighted by Gasteiger charge is -2.31. The number of rotatable bonds is 39. The molecular weight excluding hydrogens is 1250 g/mol. The summed E-state index contributed by atoms with van der Waals surface area (Å²) in [6.45, 7) is -19.8. The second-order valence-corrected chi connectivity index (χ2v) is 13.0. The fourth-order valence-corrected chi connectivity index (χ4v) is 3.14. The van der Waals surface area contributed by atoms with E-state index in [0.717, 1.165) is 0 Å². The smallest absolute Gasteiger partial charge is 0.394 e. The number of hydrogen-bond donors (Lipinski definition) is 8. The van der Waals surface area contributed by atoms with Crippen molar-refractivity contribution in [3.8, 4) is 0 Å². The molecule has 0 aromatic heterocycles. The van der Waals surface area contributed by atoms with Crippen LogP contribution in [0.3, 0.4) is 0 Å². The SMILES string of the molecule is OCC(F)(F)OC(F)(F)OC(F)(F)C(F)(F)OC(F)(F)CO.OCC(O)OCC(F)(F)OC(F)(F)OC(F)(F)C(F)(F)OC(F)(F)COC(O)CO.OCCOCC(F)(F)OC(F)(F)OC(F)(F)C(F)(F)OC(F)(F)COCCO. The first-order valence-electron chi connectivity index (χ1n) is 18.6. The van der Waals surface area contributed by atoms with Crippen LogP contribution in [0.25, 0.3) is 0 Å². The number of aliphatic hydroxyl groups excluding tert-OH is 8. The molecule has 2 atom stereocenters. The second-order valence-electron chi connectivity index (χ2n) is 13.0. The van der Waals surface area contributed by atoms with Crippen LogP contribution in [-0.4, -0.2) is 225 Å². The van der Waals surface area contributed by atoms with E-state index in [2.05, 4.69) is 56.8 Å². The van der Waals surface area contributed by atoms with Crippen molar-refractivity contribution in [3.05, 3.63) is 0 Å². The summed E-state index contributed by atoms with van der Waals surface area (Å²) in [5, 5.41) is 65.9. The molecule has 51 heteroatoms. The van der Waals surface area contributed by atoms with E-state index >= 15 is 0 Å². The van der Waals surface area contributed by atoms with Crippen LogP contribution in [0.4, 0.5) is 132 Å². The monoisotopic (exact) mass is 1290 g/mol. The van der Waals surface area contributed by atoms with Gasteiger partial charge in [-0.25, -0.2) is 42.6 Å². The number of aliphatic hydroxyl groups is 8. The fourth-order valence-electron chi connectivity index (χ4n) is 3.14. The van der Waals surface area contributed by atoms with Crippen molar-refractivity contribution < 1.29 is 234 Å². The predicted molar refractivity (Wildman–Crippen MR) is 172 cm³/mol. The molecule has 0 aromatic rings. The van der Waals surface area contributed by atoms with Gasteiger partial charge in [-0.3, -0.25) is 0 Å². The molecule has 0 bridgehead atoms. The van der Waals surface area contributed by atoms with Crippen LogP contribution in [0.2, 0.25) is 0 Å². The lowest BCUT2D eigenvalue weighted by atomic mass is 10.5. The van der Waals surface area contributed by atoms with Gasteiger partial charge in [0.15, 0.2) is 12.6 Å². The zero-order chi connectivity index (χ0) is 64.3. The Balaban J connectivity index is -0.00000113. The molecule has 80 heavy (non-hydrogen) atoms. The van der Waals surface area contributed by atoms with Crippen molar-refractivity contribution in [2.24, 2.45) is 0 Å². The van der Waals surface area contributed by atoms with Gasteiger partial charge >= 0.3 is 92.2 Å². The lowest BCUT2D eigenvalue weighted by molar-refractivity contribution is -0.567. The maximum atomic E-state index is 13.2. The molecule has 0 saturated heterocycles. The Kier molecular flexibility index (Phi) is 31.2. The quantitative estimate of drug-likeness (QED) is 0.0238. The average Bonchev–Trinajstić information content (AvgIpc) is 3.21. The first-order valence-corrected chi connectivity index (χ1v) is 18.6. The molecule has 0 heterocycles. The van der Waals surface area contributed by atoms with E-state index < -0.39 is 184 Å². The van der Waals surface area contributed by atoms with E-state index in [4.69, 9.17) is 40.9 Å². The molecule has 21 nitrogen and oxygen atoms in total. The Morgan fingerprint density at radius 1 is 0.263 bits per heavy atom. The van der Waals surface area contributed by atoms with Gasteiger partial charge in [0.2, 0.25) is 0 Å². The highest BCUT2D eigenvalue weighted by molar-refractivity contribution is 4.73. The molecule has 0 saturated carbocycles. The Hall–Kier alpha value is -2.94. The summed E-state index contributed by atoms with van der Waals surface area (Å²) < 4.78 is 421. The van der Waals surface area contributed by atoms with Gasteiger partial charge in [0.25, 0.3) is 0 Å². The summed E-state index contributed by atoms with van der Waals surface area (Å²) in [6.07, 6.45) is -94.0. The molecule has 0 spiro atoms. The number of hydrogen-bond acceptors (Lipinski definition) is 21. The highest BCUT2D eigenvalue weighted by Crippen LogP contribution is 2.47. The van der Waals surface area contributed by atoms with Crippen molar-refractivity contribution in [2.75, 3.05) is 79.3 Å². The molecule has 0 aromatic carbocycles. The van der Waals surface area contributed by atoms with Gasteiger partial charge < -0.3 is 59.8 Å². The number of halogens is 30. The first kappa shape index (κ1) is 81.3. The predicted octanol–water partition coefficient (Wildman–Crippen LogP) is 4.53. The molecule has 486 valence electrons. The largest absolute Gasteiger partial charge is 0.495 e. The fraction of sp³-hybridized carbons (Fsp3) is 1.00. The maximum Gasteiger partial charge on any atom is 0.495 e.